The van der Waals surface area contributed by atoms with Crippen LogP contribution in [0.2, 0.25) is 0 Å². The molecule has 0 aliphatic rings. The molecule has 0 bridgehead atoms. The molecule has 0 aliphatic heterocycles. The van der Waals surface area contributed by atoms with E-state index in [1.807, 2.05) is 12.1 Å². The minimum atomic E-state index is -0.965. The molecular weight excluding hydrogens is 399 g/mol. The maximum Gasteiger partial charge on any atom is 0.308 e. The zero-order valence-electron chi connectivity index (χ0n) is 16.9. The number of aromatic nitrogens is 2. The molecule has 0 fully saturated rings. The Morgan fingerprint density at radius 3 is 2.45 bits per heavy atom. The molecule has 7 nitrogen and oxygen atoms in total. The number of amides is 1. The van der Waals surface area contributed by atoms with Crippen LogP contribution in [0.4, 0.5) is 15.9 Å². The van der Waals surface area contributed by atoms with Crippen molar-refractivity contribution >= 4 is 23.4 Å². The Hall–Kier alpha value is -4.07. The van der Waals surface area contributed by atoms with Gasteiger partial charge in [-0.15, -0.1) is 0 Å². The molecule has 3 rings (SSSR count). The summed E-state index contributed by atoms with van der Waals surface area (Å²) in [5.41, 5.74) is 2.37. The third kappa shape index (κ3) is 5.72. The Bertz CT molecular complexity index is 1100. The number of carboxylic acid groups (broad SMARTS) is 1. The van der Waals surface area contributed by atoms with E-state index in [1.54, 1.807) is 30.3 Å². The van der Waals surface area contributed by atoms with Gasteiger partial charge in [-0.2, -0.15) is 0 Å². The highest BCUT2D eigenvalue weighted by molar-refractivity contribution is 6.04. The molecule has 0 atom stereocenters. The maximum absolute atomic E-state index is 13.0. The molecule has 0 unspecified atom stereocenters. The molecule has 1 amide bonds. The van der Waals surface area contributed by atoms with E-state index in [1.165, 1.54) is 30.5 Å². The number of aliphatic carboxylic acids is 1. The van der Waals surface area contributed by atoms with Crippen LogP contribution in [0.15, 0.2) is 67.5 Å². The molecule has 0 saturated carbocycles. The van der Waals surface area contributed by atoms with E-state index in [-0.39, 0.29) is 12.3 Å². The predicted molar refractivity (Wildman–Crippen MR) is 116 cm³/mol. The van der Waals surface area contributed by atoms with Gasteiger partial charge in [0.15, 0.2) is 0 Å². The summed E-state index contributed by atoms with van der Waals surface area (Å²) in [6, 6.07) is 12.5. The van der Waals surface area contributed by atoms with Gasteiger partial charge in [-0.3, -0.25) is 9.59 Å². The van der Waals surface area contributed by atoms with Gasteiger partial charge in [-0.05, 0) is 48.2 Å². The smallest absolute Gasteiger partial charge is 0.308 e. The summed E-state index contributed by atoms with van der Waals surface area (Å²) in [7, 11) is 1.74. The lowest BCUT2D eigenvalue weighted by Crippen LogP contribution is -2.16. The number of hydrogen-bond donors (Lipinski definition) is 2. The molecule has 31 heavy (non-hydrogen) atoms. The standard InChI is InChI=1S/C23H21FN4O3/c1-3-28(2)22-17(13-21(29)30)14-25-20(27-22)12-15-4-10-19(11-5-15)26-23(31)16-6-8-18(24)9-7-16/h3-11,14H,1,12-13H2,2H3,(H,26,31)(H,29,30). The van der Waals surface area contributed by atoms with Crippen LogP contribution < -0.4 is 10.2 Å². The second kappa shape index (κ2) is 9.62. The van der Waals surface area contributed by atoms with Gasteiger partial charge in [0.2, 0.25) is 0 Å². The van der Waals surface area contributed by atoms with E-state index in [4.69, 9.17) is 5.11 Å². The molecule has 2 N–H and O–H groups in total. The van der Waals surface area contributed by atoms with Crippen molar-refractivity contribution in [3.8, 4) is 0 Å². The van der Waals surface area contributed by atoms with Gasteiger partial charge in [0.05, 0.1) is 6.42 Å². The zero-order chi connectivity index (χ0) is 22.4. The molecule has 1 aromatic heterocycles. The average molecular weight is 420 g/mol. The van der Waals surface area contributed by atoms with E-state index in [0.29, 0.717) is 34.9 Å². The zero-order valence-corrected chi connectivity index (χ0v) is 16.9. The maximum atomic E-state index is 13.0. The van der Waals surface area contributed by atoms with Crippen LogP contribution in [0, 0.1) is 5.82 Å². The van der Waals surface area contributed by atoms with Gasteiger partial charge in [0, 0.05) is 36.5 Å². The molecule has 0 aliphatic carbocycles. The highest BCUT2D eigenvalue weighted by Crippen LogP contribution is 2.19. The van der Waals surface area contributed by atoms with Crippen molar-refractivity contribution in [2.45, 2.75) is 12.8 Å². The summed E-state index contributed by atoms with van der Waals surface area (Å²) in [6.45, 7) is 3.70. The minimum absolute atomic E-state index is 0.184. The fourth-order valence-electron chi connectivity index (χ4n) is 2.89. The number of hydrogen-bond acceptors (Lipinski definition) is 5. The van der Waals surface area contributed by atoms with Gasteiger partial charge in [0.25, 0.3) is 5.91 Å². The Balaban J connectivity index is 1.71. The molecule has 8 heteroatoms. The van der Waals surface area contributed by atoms with Crippen molar-refractivity contribution < 1.29 is 19.1 Å². The van der Waals surface area contributed by atoms with Crippen LogP contribution in [0.3, 0.4) is 0 Å². The summed E-state index contributed by atoms with van der Waals surface area (Å²) < 4.78 is 13.0. The van der Waals surface area contributed by atoms with Crippen LogP contribution in [0.25, 0.3) is 0 Å². The van der Waals surface area contributed by atoms with E-state index < -0.39 is 11.8 Å². The van der Waals surface area contributed by atoms with Crippen molar-refractivity contribution in [2.75, 3.05) is 17.3 Å². The van der Waals surface area contributed by atoms with E-state index in [9.17, 15) is 14.0 Å². The first-order chi connectivity index (χ1) is 14.9. The first-order valence-electron chi connectivity index (χ1n) is 9.43. The van der Waals surface area contributed by atoms with Crippen molar-refractivity contribution in [3.63, 3.8) is 0 Å². The third-order valence-corrected chi connectivity index (χ3v) is 4.52. The lowest BCUT2D eigenvalue weighted by molar-refractivity contribution is -0.136. The normalized spacial score (nSPS) is 10.4. The van der Waals surface area contributed by atoms with E-state index >= 15 is 0 Å². The van der Waals surface area contributed by atoms with Gasteiger partial charge >= 0.3 is 5.97 Å². The SMILES string of the molecule is C=CN(C)c1nc(Cc2ccc(NC(=O)c3ccc(F)cc3)cc2)ncc1CC(=O)O. The van der Waals surface area contributed by atoms with Gasteiger partial charge in [-0.1, -0.05) is 18.7 Å². The van der Waals surface area contributed by atoms with Gasteiger partial charge in [0.1, 0.15) is 17.5 Å². The molecular formula is C23H21FN4O3. The summed E-state index contributed by atoms with van der Waals surface area (Å²) in [5, 5.41) is 11.8. The lowest BCUT2D eigenvalue weighted by atomic mass is 10.1. The third-order valence-electron chi connectivity index (χ3n) is 4.52. The van der Waals surface area contributed by atoms with Crippen LogP contribution in [-0.2, 0) is 17.6 Å². The number of rotatable bonds is 8. The van der Waals surface area contributed by atoms with Crippen molar-refractivity contribution in [2.24, 2.45) is 0 Å². The van der Waals surface area contributed by atoms with Crippen LogP contribution >= 0.6 is 0 Å². The van der Waals surface area contributed by atoms with E-state index in [2.05, 4.69) is 21.9 Å². The molecule has 2 aromatic carbocycles. The number of nitrogens with zero attached hydrogens (tertiary/aromatic N) is 3. The monoisotopic (exact) mass is 420 g/mol. The summed E-state index contributed by atoms with van der Waals surface area (Å²) in [5.74, 6) is -0.677. The molecule has 158 valence electrons. The van der Waals surface area contributed by atoms with Crippen LogP contribution in [0.1, 0.15) is 27.3 Å². The quantitative estimate of drug-likeness (QED) is 0.577. The highest BCUT2D eigenvalue weighted by Gasteiger charge is 2.13. The Morgan fingerprint density at radius 2 is 1.84 bits per heavy atom. The Kier molecular flexibility index (Phi) is 6.71. The fourth-order valence-corrected chi connectivity index (χ4v) is 2.89. The second-order valence-corrected chi connectivity index (χ2v) is 6.83. The minimum Gasteiger partial charge on any atom is -0.481 e. The topological polar surface area (TPSA) is 95.4 Å². The molecule has 1 heterocycles. The molecule has 0 radical (unpaired) electrons. The van der Waals surface area contributed by atoms with Crippen LogP contribution in [-0.4, -0.2) is 34.0 Å². The Morgan fingerprint density at radius 1 is 1.16 bits per heavy atom. The molecule has 0 saturated heterocycles. The van der Waals surface area contributed by atoms with E-state index in [0.717, 1.165) is 5.56 Å². The van der Waals surface area contributed by atoms with Crippen molar-refractivity contribution in [1.82, 2.24) is 9.97 Å². The molecule has 0 spiro atoms. The summed E-state index contributed by atoms with van der Waals surface area (Å²) >= 11 is 0. The summed E-state index contributed by atoms with van der Waals surface area (Å²) in [6.07, 6.45) is 3.31. The van der Waals surface area contributed by atoms with Gasteiger partial charge < -0.3 is 15.3 Å². The van der Waals surface area contributed by atoms with Crippen molar-refractivity contribution in [1.29, 1.82) is 0 Å². The number of carbonyl (C=O) groups is 2. The number of halogens is 1. The predicted octanol–water partition coefficient (Wildman–Crippen LogP) is 3.67. The summed E-state index contributed by atoms with van der Waals surface area (Å²) in [4.78, 5) is 33.7. The van der Waals surface area contributed by atoms with Gasteiger partial charge in [-0.25, -0.2) is 14.4 Å². The Labute approximate surface area is 178 Å². The first-order valence-corrected chi connectivity index (χ1v) is 9.43. The second-order valence-electron chi connectivity index (χ2n) is 6.83. The lowest BCUT2D eigenvalue weighted by Gasteiger charge is -2.17. The average Bonchev–Trinajstić information content (AvgIpc) is 2.75. The highest BCUT2D eigenvalue weighted by atomic mass is 19.1. The number of benzene rings is 2. The van der Waals surface area contributed by atoms with Crippen LogP contribution in [0.5, 0.6) is 0 Å². The van der Waals surface area contributed by atoms with Crippen molar-refractivity contribution in [3.05, 3.63) is 95.8 Å². The fraction of sp³-hybridized carbons (Fsp3) is 0.130. The number of carbonyl (C=O) groups excluding carboxylic acids is 1. The largest absolute Gasteiger partial charge is 0.481 e. The number of carboxylic acids is 1. The number of nitrogens with one attached hydrogen (secondary N) is 1. The molecule has 3 aromatic rings. The first kappa shape index (κ1) is 21.6. The number of anilines is 2.